The quantitative estimate of drug-likeness (QED) is 0.260. The Balaban J connectivity index is 0.00000361. The van der Waals surface area contributed by atoms with Gasteiger partial charge in [0.05, 0.1) is 12.8 Å². The standard InChI is InChI=1S/C11H20N4O2S2.HI/c1-3-12-11(13-5-6-15-19(2,16)17)14-8-10-4-7-18-9-10;/h4,7,9,15H,3,5-6,8H2,1-2H3,(H2,12,13,14);1H. The van der Waals surface area contributed by atoms with Gasteiger partial charge in [0.15, 0.2) is 5.96 Å². The summed E-state index contributed by atoms with van der Waals surface area (Å²) in [5, 5.41) is 10.2. The van der Waals surface area contributed by atoms with Gasteiger partial charge in [-0.2, -0.15) is 11.3 Å². The van der Waals surface area contributed by atoms with Gasteiger partial charge in [-0.1, -0.05) is 0 Å². The van der Waals surface area contributed by atoms with E-state index in [0.29, 0.717) is 25.6 Å². The molecule has 1 rings (SSSR count). The van der Waals surface area contributed by atoms with Crippen molar-refractivity contribution in [3.8, 4) is 0 Å². The van der Waals surface area contributed by atoms with Gasteiger partial charge in [-0.25, -0.2) is 18.1 Å². The van der Waals surface area contributed by atoms with Gasteiger partial charge in [-0.3, -0.25) is 0 Å². The van der Waals surface area contributed by atoms with E-state index in [2.05, 4.69) is 25.7 Å². The number of nitrogens with one attached hydrogen (secondary N) is 3. The fourth-order valence-electron chi connectivity index (χ4n) is 1.31. The molecule has 0 spiro atoms. The summed E-state index contributed by atoms with van der Waals surface area (Å²) in [7, 11) is -3.13. The Kier molecular flexibility index (Phi) is 10.2. The van der Waals surface area contributed by atoms with Crippen molar-refractivity contribution in [2.24, 2.45) is 4.99 Å². The van der Waals surface area contributed by atoms with Crippen LogP contribution in [0, 0.1) is 0 Å². The van der Waals surface area contributed by atoms with Gasteiger partial charge < -0.3 is 10.6 Å². The lowest BCUT2D eigenvalue weighted by atomic mass is 10.3. The molecule has 116 valence electrons. The number of nitrogens with zero attached hydrogens (tertiary/aromatic N) is 1. The van der Waals surface area contributed by atoms with Crippen LogP contribution < -0.4 is 15.4 Å². The Morgan fingerprint density at radius 3 is 2.65 bits per heavy atom. The zero-order valence-electron chi connectivity index (χ0n) is 11.5. The van der Waals surface area contributed by atoms with E-state index in [-0.39, 0.29) is 24.0 Å². The van der Waals surface area contributed by atoms with Gasteiger partial charge in [0.25, 0.3) is 0 Å². The molecule has 3 N–H and O–H groups in total. The van der Waals surface area contributed by atoms with Crippen molar-refractivity contribution < 1.29 is 8.42 Å². The predicted octanol–water partition coefficient (Wildman–Crippen LogP) is 0.970. The van der Waals surface area contributed by atoms with Crippen LogP contribution >= 0.6 is 35.3 Å². The van der Waals surface area contributed by atoms with Crippen LogP contribution in [-0.2, 0) is 16.6 Å². The van der Waals surface area contributed by atoms with Crippen molar-refractivity contribution >= 4 is 51.3 Å². The minimum atomic E-state index is -3.13. The smallest absolute Gasteiger partial charge is 0.208 e. The van der Waals surface area contributed by atoms with Crippen LogP contribution in [0.15, 0.2) is 21.8 Å². The van der Waals surface area contributed by atoms with Crippen LogP contribution in [0.2, 0.25) is 0 Å². The van der Waals surface area contributed by atoms with Crippen LogP contribution in [-0.4, -0.2) is 40.3 Å². The van der Waals surface area contributed by atoms with E-state index in [1.165, 1.54) is 0 Å². The lowest BCUT2D eigenvalue weighted by Crippen LogP contribution is -2.41. The average Bonchev–Trinajstić information content (AvgIpc) is 2.83. The molecule has 20 heavy (non-hydrogen) atoms. The number of sulfonamides is 1. The van der Waals surface area contributed by atoms with Crippen molar-refractivity contribution in [3.05, 3.63) is 22.4 Å². The monoisotopic (exact) mass is 432 g/mol. The molecule has 0 radical (unpaired) electrons. The molecule has 9 heteroatoms. The maximum atomic E-state index is 10.9. The molecule has 1 aromatic rings. The second-order valence-corrected chi connectivity index (χ2v) is 6.53. The summed E-state index contributed by atoms with van der Waals surface area (Å²) >= 11 is 1.64. The van der Waals surface area contributed by atoms with E-state index < -0.39 is 10.0 Å². The number of hydrogen-bond donors (Lipinski definition) is 3. The summed E-state index contributed by atoms with van der Waals surface area (Å²) in [4.78, 5) is 4.41. The summed E-state index contributed by atoms with van der Waals surface area (Å²) in [6.45, 7) is 4.17. The highest BCUT2D eigenvalue weighted by atomic mass is 127. The van der Waals surface area contributed by atoms with Crippen molar-refractivity contribution in [1.82, 2.24) is 15.4 Å². The maximum absolute atomic E-state index is 10.9. The van der Waals surface area contributed by atoms with Gasteiger partial charge in [-0.05, 0) is 29.3 Å². The first-order valence-corrected chi connectivity index (χ1v) is 8.82. The highest BCUT2D eigenvalue weighted by Gasteiger charge is 2.00. The van der Waals surface area contributed by atoms with Gasteiger partial charge in [0, 0.05) is 19.6 Å². The lowest BCUT2D eigenvalue weighted by Gasteiger charge is -2.11. The van der Waals surface area contributed by atoms with Crippen LogP contribution in [0.4, 0.5) is 0 Å². The third-order valence-electron chi connectivity index (χ3n) is 2.13. The molecule has 6 nitrogen and oxygen atoms in total. The van der Waals surface area contributed by atoms with E-state index >= 15 is 0 Å². The third kappa shape index (κ3) is 9.50. The first kappa shape index (κ1) is 19.6. The molecule has 0 atom stereocenters. The van der Waals surface area contributed by atoms with E-state index in [1.807, 2.05) is 18.4 Å². The Bertz CT molecular complexity index is 489. The van der Waals surface area contributed by atoms with E-state index in [1.54, 1.807) is 11.3 Å². The van der Waals surface area contributed by atoms with Gasteiger partial charge in [0.2, 0.25) is 10.0 Å². The normalized spacial score (nSPS) is 11.8. The molecule has 0 aromatic carbocycles. The van der Waals surface area contributed by atoms with Crippen molar-refractivity contribution in [2.75, 3.05) is 25.9 Å². The van der Waals surface area contributed by atoms with Crippen molar-refractivity contribution in [1.29, 1.82) is 0 Å². The first-order valence-electron chi connectivity index (χ1n) is 5.99. The number of rotatable bonds is 7. The minimum Gasteiger partial charge on any atom is -0.357 e. The molecular formula is C11H21IN4O2S2. The fourth-order valence-corrected chi connectivity index (χ4v) is 2.44. The zero-order chi connectivity index (χ0) is 14.1. The van der Waals surface area contributed by atoms with Gasteiger partial charge >= 0.3 is 0 Å². The molecule has 0 saturated carbocycles. The first-order chi connectivity index (χ1) is 9.01. The Morgan fingerprint density at radius 1 is 1.35 bits per heavy atom. The number of aliphatic imine (C=N–C) groups is 1. The average molecular weight is 432 g/mol. The van der Waals surface area contributed by atoms with E-state index in [9.17, 15) is 8.42 Å². The highest BCUT2D eigenvalue weighted by Crippen LogP contribution is 2.06. The van der Waals surface area contributed by atoms with E-state index in [0.717, 1.165) is 18.4 Å². The molecule has 1 heterocycles. The number of thiophene rings is 1. The molecule has 0 aliphatic heterocycles. The molecule has 0 unspecified atom stereocenters. The molecular weight excluding hydrogens is 411 g/mol. The summed E-state index contributed by atoms with van der Waals surface area (Å²) in [6, 6.07) is 2.03. The Hall–Kier alpha value is -0.390. The Labute approximate surface area is 141 Å². The lowest BCUT2D eigenvalue weighted by molar-refractivity contribution is 0.586. The number of hydrogen-bond acceptors (Lipinski definition) is 4. The predicted molar refractivity (Wildman–Crippen MR) is 95.4 cm³/mol. The largest absolute Gasteiger partial charge is 0.357 e. The topological polar surface area (TPSA) is 82.6 Å². The zero-order valence-corrected chi connectivity index (χ0v) is 15.5. The summed E-state index contributed by atoms with van der Waals surface area (Å²) < 4.78 is 24.2. The molecule has 0 aliphatic carbocycles. The summed E-state index contributed by atoms with van der Waals surface area (Å²) in [6.07, 6.45) is 1.14. The van der Waals surface area contributed by atoms with Crippen LogP contribution in [0.5, 0.6) is 0 Å². The molecule has 1 aromatic heterocycles. The van der Waals surface area contributed by atoms with E-state index in [4.69, 9.17) is 0 Å². The number of guanidine groups is 1. The summed E-state index contributed by atoms with van der Waals surface area (Å²) in [5.74, 6) is 0.684. The Morgan fingerprint density at radius 2 is 2.10 bits per heavy atom. The fraction of sp³-hybridized carbons (Fsp3) is 0.545. The van der Waals surface area contributed by atoms with Crippen molar-refractivity contribution in [3.63, 3.8) is 0 Å². The van der Waals surface area contributed by atoms with Gasteiger partial charge in [-0.15, -0.1) is 24.0 Å². The highest BCUT2D eigenvalue weighted by molar-refractivity contribution is 14.0. The molecule has 0 fully saturated rings. The minimum absolute atomic E-state index is 0. The van der Waals surface area contributed by atoms with Crippen LogP contribution in [0.1, 0.15) is 12.5 Å². The third-order valence-corrected chi connectivity index (χ3v) is 3.59. The maximum Gasteiger partial charge on any atom is 0.208 e. The molecule has 0 saturated heterocycles. The van der Waals surface area contributed by atoms with Crippen LogP contribution in [0.3, 0.4) is 0 Å². The molecule has 0 aliphatic rings. The summed E-state index contributed by atoms with van der Waals surface area (Å²) in [5.41, 5.74) is 1.16. The van der Waals surface area contributed by atoms with Gasteiger partial charge in [0.1, 0.15) is 0 Å². The second kappa shape index (κ2) is 10.4. The van der Waals surface area contributed by atoms with Crippen LogP contribution in [0.25, 0.3) is 0 Å². The SMILES string of the molecule is CCNC(=NCc1ccsc1)NCCNS(C)(=O)=O.I. The van der Waals surface area contributed by atoms with Crippen molar-refractivity contribution in [2.45, 2.75) is 13.5 Å². The molecule has 0 amide bonds. The molecule has 0 bridgehead atoms. The second-order valence-electron chi connectivity index (χ2n) is 3.92. The number of halogens is 1.